The van der Waals surface area contributed by atoms with E-state index in [1.165, 1.54) is 5.56 Å². The van der Waals surface area contributed by atoms with Crippen molar-refractivity contribution in [1.82, 2.24) is 19.6 Å². The molecule has 7 heteroatoms. The van der Waals surface area contributed by atoms with Crippen molar-refractivity contribution < 1.29 is 8.42 Å². The van der Waals surface area contributed by atoms with E-state index in [1.54, 1.807) is 6.07 Å². The first-order valence-corrected chi connectivity index (χ1v) is 9.27. The van der Waals surface area contributed by atoms with E-state index < -0.39 is 10.0 Å². The number of hydrogen-bond donors (Lipinski definition) is 0. The summed E-state index contributed by atoms with van der Waals surface area (Å²) in [7, 11) is -3.79. The summed E-state index contributed by atoms with van der Waals surface area (Å²) in [5, 5.41) is 10.5. The van der Waals surface area contributed by atoms with E-state index >= 15 is 0 Å². The molecule has 1 aromatic carbocycles. The van der Waals surface area contributed by atoms with Crippen LogP contribution >= 0.6 is 0 Å². The fraction of sp³-hybridized carbons (Fsp3) is 0.562. The number of tetrazole rings is 1. The van der Waals surface area contributed by atoms with Gasteiger partial charge in [0.05, 0.1) is 4.90 Å². The molecule has 0 saturated heterocycles. The monoisotopic (exact) mass is 336 g/mol. The molecule has 0 bridgehead atoms. The van der Waals surface area contributed by atoms with Crippen LogP contribution in [-0.2, 0) is 10.0 Å². The Hall–Kier alpha value is -1.76. The topological polar surface area (TPSA) is 77.7 Å². The van der Waals surface area contributed by atoms with Crippen molar-refractivity contribution in [2.45, 2.75) is 64.2 Å². The van der Waals surface area contributed by atoms with Crippen molar-refractivity contribution in [2.24, 2.45) is 0 Å². The Morgan fingerprint density at radius 2 is 1.52 bits per heavy atom. The smallest absolute Gasteiger partial charge is 0.199 e. The highest BCUT2D eigenvalue weighted by molar-refractivity contribution is 7.89. The highest BCUT2D eigenvalue weighted by Gasteiger charge is 2.28. The van der Waals surface area contributed by atoms with Gasteiger partial charge in [0.2, 0.25) is 0 Å². The van der Waals surface area contributed by atoms with Gasteiger partial charge in [0.25, 0.3) is 10.0 Å². The minimum atomic E-state index is -3.79. The van der Waals surface area contributed by atoms with E-state index in [0.29, 0.717) is 5.92 Å². The molecule has 0 radical (unpaired) electrons. The van der Waals surface area contributed by atoms with Gasteiger partial charge in [0, 0.05) is 0 Å². The maximum absolute atomic E-state index is 12.9. The van der Waals surface area contributed by atoms with Crippen LogP contribution in [0.2, 0.25) is 0 Å². The molecule has 2 rings (SSSR count). The molecule has 0 aliphatic heterocycles. The summed E-state index contributed by atoms with van der Waals surface area (Å²) < 4.78 is 26.6. The van der Waals surface area contributed by atoms with E-state index in [-0.39, 0.29) is 16.7 Å². The van der Waals surface area contributed by atoms with E-state index in [2.05, 4.69) is 43.2 Å². The van der Waals surface area contributed by atoms with Crippen molar-refractivity contribution >= 4 is 10.0 Å². The van der Waals surface area contributed by atoms with Gasteiger partial charge in [-0.1, -0.05) is 47.6 Å². The maximum atomic E-state index is 12.9. The summed E-state index contributed by atoms with van der Waals surface area (Å²) in [6, 6.07) is 3.61. The first-order chi connectivity index (χ1) is 10.7. The molecule has 0 fully saturated rings. The lowest BCUT2D eigenvalue weighted by molar-refractivity contribution is 0.573. The van der Waals surface area contributed by atoms with E-state index in [9.17, 15) is 8.42 Å². The van der Waals surface area contributed by atoms with Crippen LogP contribution in [0, 0.1) is 0 Å². The van der Waals surface area contributed by atoms with Gasteiger partial charge in [-0.2, -0.15) is 8.42 Å². The lowest BCUT2D eigenvalue weighted by Crippen LogP contribution is -2.19. The average Bonchev–Trinajstić information content (AvgIpc) is 3.00. The normalized spacial score (nSPS) is 12.6. The van der Waals surface area contributed by atoms with Gasteiger partial charge in [-0.3, -0.25) is 0 Å². The molecular weight excluding hydrogens is 312 g/mol. The Bertz CT molecular complexity index is 779. The van der Waals surface area contributed by atoms with Crippen molar-refractivity contribution in [3.8, 4) is 0 Å². The predicted molar refractivity (Wildman–Crippen MR) is 89.1 cm³/mol. The highest BCUT2D eigenvalue weighted by Crippen LogP contribution is 2.37. The lowest BCUT2D eigenvalue weighted by atomic mass is 9.83. The highest BCUT2D eigenvalue weighted by atomic mass is 32.2. The molecular formula is C16H24N4O2S. The van der Waals surface area contributed by atoms with Crippen LogP contribution in [0.3, 0.4) is 0 Å². The Morgan fingerprint density at radius 1 is 0.913 bits per heavy atom. The first kappa shape index (κ1) is 17.6. The Kier molecular flexibility index (Phi) is 4.89. The van der Waals surface area contributed by atoms with Crippen LogP contribution in [0.4, 0.5) is 0 Å². The second-order valence-electron chi connectivity index (χ2n) is 6.63. The molecule has 0 N–H and O–H groups in total. The Labute approximate surface area is 138 Å². The Balaban J connectivity index is 2.83. The fourth-order valence-corrected chi connectivity index (χ4v) is 4.33. The number of rotatable bonds is 5. The average molecular weight is 336 g/mol. The van der Waals surface area contributed by atoms with Gasteiger partial charge in [0.15, 0.2) is 6.33 Å². The third kappa shape index (κ3) is 3.15. The van der Waals surface area contributed by atoms with Gasteiger partial charge in [-0.05, 0) is 50.9 Å². The summed E-state index contributed by atoms with van der Waals surface area (Å²) >= 11 is 0. The van der Waals surface area contributed by atoms with Crippen LogP contribution in [-0.4, -0.2) is 28.0 Å². The predicted octanol–water partition coefficient (Wildman–Crippen LogP) is 3.28. The largest absolute Gasteiger partial charge is 0.286 e. The quantitative estimate of drug-likeness (QED) is 0.837. The second-order valence-corrected chi connectivity index (χ2v) is 8.40. The maximum Gasteiger partial charge on any atom is 0.286 e. The molecule has 0 atom stereocenters. The molecule has 126 valence electrons. The van der Waals surface area contributed by atoms with Crippen LogP contribution in [0.15, 0.2) is 23.4 Å². The Morgan fingerprint density at radius 3 is 1.96 bits per heavy atom. The minimum Gasteiger partial charge on any atom is -0.199 e. The van der Waals surface area contributed by atoms with Gasteiger partial charge >= 0.3 is 0 Å². The van der Waals surface area contributed by atoms with Crippen molar-refractivity contribution in [1.29, 1.82) is 0 Å². The standard InChI is InChI=1S/C16H24N4O2S/c1-10(2)13-7-8-14(16(12(5)6)15(13)11(3)4)23(21,22)20-9-17-18-19-20/h7-12H,1-6H3. The number of hydrogen-bond acceptors (Lipinski definition) is 5. The summed E-state index contributed by atoms with van der Waals surface area (Å²) in [6.45, 7) is 12.5. The van der Waals surface area contributed by atoms with Gasteiger partial charge < -0.3 is 0 Å². The number of benzene rings is 1. The molecule has 0 saturated carbocycles. The van der Waals surface area contributed by atoms with Crippen LogP contribution < -0.4 is 0 Å². The van der Waals surface area contributed by atoms with E-state index in [0.717, 1.165) is 21.5 Å². The summed E-state index contributed by atoms with van der Waals surface area (Å²) in [6.07, 6.45) is 1.12. The van der Waals surface area contributed by atoms with E-state index in [4.69, 9.17) is 0 Å². The van der Waals surface area contributed by atoms with Crippen LogP contribution in [0.1, 0.15) is 76.0 Å². The summed E-state index contributed by atoms with van der Waals surface area (Å²) in [5.74, 6) is 0.635. The first-order valence-electron chi connectivity index (χ1n) is 7.83. The molecule has 23 heavy (non-hydrogen) atoms. The van der Waals surface area contributed by atoms with E-state index in [1.807, 2.05) is 19.9 Å². The number of nitrogens with zero attached hydrogens (tertiary/aromatic N) is 4. The van der Waals surface area contributed by atoms with Gasteiger partial charge in [-0.15, -0.1) is 9.19 Å². The fourth-order valence-electron chi connectivity index (χ4n) is 2.97. The third-order valence-electron chi connectivity index (χ3n) is 3.91. The number of aromatic nitrogens is 4. The molecule has 6 nitrogen and oxygen atoms in total. The van der Waals surface area contributed by atoms with Crippen molar-refractivity contribution in [2.75, 3.05) is 0 Å². The molecule has 0 amide bonds. The van der Waals surface area contributed by atoms with Crippen molar-refractivity contribution in [3.63, 3.8) is 0 Å². The zero-order chi connectivity index (χ0) is 17.4. The molecule has 0 aliphatic rings. The van der Waals surface area contributed by atoms with Crippen molar-refractivity contribution in [3.05, 3.63) is 35.2 Å². The molecule has 2 aromatic rings. The summed E-state index contributed by atoms with van der Waals surface area (Å²) in [5.41, 5.74) is 3.17. The molecule has 1 heterocycles. The van der Waals surface area contributed by atoms with Gasteiger partial charge in [0.1, 0.15) is 0 Å². The minimum absolute atomic E-state index is 0.0763. The molecule has 0 unspecified atom stereocenters. The second kappa shape index (κ2) is 6.39. The molecule has 0 aliphatic carbocycles. The van der Waals surface area contributed by atoms with Crippen LogP contribution in [0.5, 0.6) is 0 Å². The van der Waals surface area contributed by atoms with Crippen LogP contribution in [0.25, 0.3) is 0 Å². The summed E-state index contributed by atoms with van der Waals surface area (Å²) in [4.78, 5) is 0.285. The molecule has 0 spiro atoms. The third-order valence-corrected chi connectivity index (χ3v) is 5.48. The zero-order valence-electron chi connectivity index (χ0n) is 14.5. The SMILES string of the molecule is CC(C)c1ccc(S(=O)(=O)n2cnnn2)c(C(C)C)c1C(C)C. The van der Waals surface area contributed by atoms with Gasteiger partial charge in [-0.25, -0.2) is 0 Å². The lowest BCUT2D eigenvalue weighted by Gasteiger charge is -2.25. The zero-order valence-corrected chi connectivity index (χ0v) is 15.3. The molecule has 1 aromatic heterocycles.